The number of ketones is 2. The van der Waals surface area contributed by atoms with Crippen LogP contribution < -0.4 is 15.4 Å². The Morgan fingerprint density at radius 2 is 1.61 bits per heavy atom. The standard InChI is InChI=1S/C35H45N3O8/c1-22(36-32(42)28-16-17-38(28)33(43)46-34(2,3)4)29(39)20-25(18-24-12-14-26(44-6)15-13-24)31(41)37-27(30(40)35(5)21-45-35)19-23-10-8-7-9-11-23/h7-15,22,25,27-28H,16-21H2,1-6H3,(H,36,42)(H,37,41)/t22-,25+,27-,28-,35+/m0/s1. The number of rotatable bonds is 14. The molecule has 2 aromatic rings. The van der Waals surface area contributed by atoms with Crippen LogP contribution in [-0.4, -0.2) is 84.0 Å². The van der Waals surface area contributed by atoms with Crippen LogP contribution in [0.3, 0.4) is 0 Å². The number of ether oxygens (including phenoxy) is 3. The van der Waals surface area contributed by atoms with Crippen molar-refractivity contribution in [3.05, 3.63) is 65.7 Å². The predicted molar refractivity (Wildman–Crippen MR) is 170 cm³/mol. The van der Waals surface area contributed by atoms with E-state index >= 15 is 0 Å². The molecular formula is C35H45N3O8. The minimum atomic E-state index is -0.957. The zero-order chi connectivity index (χ0) is 33.6. The summed E-state index contributed by atoms with van der Waals surface area (Å²) >= 11 is 0. The lowest BCUT2D eigenvalue weighted by atomic mass is 9.89. The molecule has 248 valence electrons. The Labute approximate surface area is 270 Å². The second kappa shape index (κ2) is 14.5. The minimum Gasteiger partial charge on any atom is -0.497 e. The molecule has 0 aromatic heterocycles. The molecule has 0 aliphatic carbocycles. The summed E-state index contributed by atoms with van der Waals surface area (Å²) in [6, 6.07) is 14.1. The van der Waals surface area contributed by atoms with Crippen LogP contribution in [0.5, 0.6) is 5.75 Å². The van der Waals surface area contributed by atoms with Crippen molar-refractivity contribution < 1.29 is 38.2 Å². The van der Waals surface area contributed by atoms with Crippen molar-refractivity contribution in [3.8, 4) is 5.75 Å². The van der Waals surface area contributed by atoms with E-state index in [0.717, 1.165) is 11.1 Å². The highest BCUT2D eigenvalue weighted by Gasteiger charge is 2.50. The lowest BCUT2D eigenvalue weighted by Crippen LogP contribution is -2.60. The third kappa shape index (κ3) is 9.15. The third-order valence-electron chi connectivity index (χ3n) is 8.27. The molecule has 46 heavy (non-hydrogen) atoms. The van der Waals surface area contributed by atoms with Crippen LogP contribution in [-0.2, 0) is 41.5 Å². The molecule has 3 amide bonds. The Bertz CT molecular complexity index is 1420. The van der Waals surface area contributed by atoms with Gasteiger partial charge in [-0.2, -0.15) is 0 Å². The average Bonchev–Trinajstić information content (AvgIpc) is 3.73. The van der Waals surface area contributed by atoms with E-state index in [0.29, 0.717) is 18.7 Å². The van der Waals surface area contributed by atoms with Gasteiger partial charge in [-0.3, -0.25) is 24.1 Å². The number of carbonyl (C=O) groups excluding carboxylic acids is 5. The molecule has 0 radical (unpaired) electrons. The molecule has 2 aromatic carbocycles. The summed E-state index contributed by atoms with van der Waals surface area (Å²) in [4.78, 5) is 67.6. The highest BCUT2D eigenvalue weighted by molar-refractivity contribution is 5.98. The van der Waals surface area contributed by atoms with Crippen molar-refractivity contribution in [3.63, 3.8) is 0 Å². The number of benzene rings is 2. The maximum absolute atomic E-state index is 13.9. The first-order valence-electron chi connectivity index (χ1n) is 15.7. The van der Waals surface area contributed by atoms with E-state index in [9.17, 15) is 24.0 Å². The van der Waals surface area contributed by atoms with Gasteiger partial charge in [0.2, 0.25) is 11.8 Å². The van der Waals surface area contributed by atoms with Crippen molar-refractivity contribution in [1.29, 1.82) is 0 Å². The molecule has 0 unspecified atom stereocenters. The predicted octanol–water partition coefficient (Wildman–Crippen LogP) is 3.41. The number of nitrogens with one attached hydrogen (secondary N) is 2. The summed E-state index contributed by atoms with van der Waals surface area (Å²) in [5, 5.41) is 5.64. The van der Waals surface area contributed by atoms with E-state index in [2.05, 4.69) is 10.6 Å². The number of methoxy groups -OCH3 is 1. The SMILES string of the molecule is COc1ccc(C[C@H](CC(=O)[C@H](C)NC(=O)[C@@H]2CCN2C(=O)OC(C)(C)C)C(=O)N[C@@H](Cc2ccccc2)C(=O)[C@@]2(C)CO2)cc1. The number of epoxide rings is 1. The number of nitrogens with zero attached hydrogens (tertiary/aromatic N) is 1. The molecule has 11 heteroatoms. The molecule has 11 nitrogen and oxygen atoms in total. The van der Waals surface area contributed by atoms with Crippen molar-refractivity contribution in [2.75, 3.05) is 20.3 Å². The van der Waals surface area contributed by atoms with Crippen LogP contribution in [0, 0.1) is 5.92 Å². The second-order valence-corrected chi connectivity index (χ2v) is 13.3. The van der Waals surface area contributed by atoms with Gasteiger partial charge in [-0.25, -0.2) is 4.79 Å². The molecule has 0 bridgehead atoms. The Hall–Kier alpha value is -4.25. The van der Waals surface area contributed by atoms with Gasteiger partial charge in [0.15, 0.2) is 11.6 Å². The van der Waals surface area contributed by atoms with Crippen LogP contribution in [0.1, 0.15) is 58.6 Å². The van der Waals surface area contributed by atoms with E-state index in [1.54, 1.807) is 53.9 Å². The van der Waals surface area contributed by atoms with Crippen LogP contribution in [0.15, 0.2) is 54.6 Å². The number of hydrogen-bond donors (Lipinski definition) is 2. The maximum Gasteiger partial charge on any atom is 0.410 e. The highest BCUT2D eigenvalue weighted by Crippen LogP contribution is 2.29. The van der Waals surface area contributed by atoms with Crippen molar-refractivity contribution in [2.45, 2.75) is 89.6 Å². The van der Waals surface area contributed by atoms with E-state index in [4.69, 9.17) is 14.2 Å². The lowest BCUT2D eigenvalue weighted by molar-refractivity contribution is -0.136. The highest BCUT2D eigenvalue weighted by atomic mass is 16.6. The van der Waals surface area contributed by atoms with Crippen molar-refractivity contribution >= 4 is 29.5 Å². The summed E-state index contributed by atoms with van der Waals surface area (Å²) in [7, 11) is 1.56. The van der Waals surface area contributed by atoms with Crippen LogP contribution >= 0.6 is 0 Å². The van der Waals surface area contributed by atoms with E-state index < -0.39 is 53.2 Å². The molecule has 4 rings (SSSR count). The fourth-order valence-electron chi connectivity index (χ4n) is 5.28. The number of Topliss-reactive ketones (excluding diaryl/α,β-unsaturated/α-hetero) is 2. The molecule has 2 saturated heterocycles. The zero-order valence-electron chi connectivity index (χ0n) is 27.5. The number of hydrogen-bond acceptors (Lipinski definition) is 8. The molecule has 0 spiro atoms. The maximum atomic E-state index is 13.9. The fourth-order valence-corrected chi connectivity index (χ4v) is 5.28. The van der Waals surface area contributed by atoms with Crippen molar-refractivity contribution in [2.24, 2.45) is 5.92 Å². The molecule has 2 fully saturated rings. The first kappa shape index (κ1) is 34.6. The first-order chi connectivity index (χ1) is 21.7. The van der Waals surface area contributed by atoms with Gasteiger partial charge in [0.05, 0.1) is 25.8 Å². The Morgan fingerprint density at radius 3 is 2.15 bits per heavy atom. The van der Waals surface area contributed by atoms with Crippen LogP contribution in [0.2, 0.25) is 0 Å². The third-order valence-corrected chi connectivity index (χ3v) is 8.27. The Morgan fingerprint density at radius 1 is 0.978 bits per heavy atom. The molecule has 2 aliphatic rings. The summed E-state index contributed by atoms with van der Waals surface area (Å²) in [5.74, 6) is -1.67. The second-order valence-electron chi connectivity index (χ2n) is 13.3. The number of amides is 3. The monoisotopic (exact) mass is 635 g/mol. The Balaban J connectivity index is 1.46. The molecule has 0 saturated carbocycles. The van der Waals surface area contributed by atoms with E-state index in [-0.39, 0.29) is 37.4 Å². The van der Waals surface area contributed by atoms with Gasteiger partial charge in [-0.05, 0) is 77.1 Å². The largest absolute Gasteiger partial charge is 0.497 e. The van der Waals surface area contributed by atoms with E-state index in [1.807, 2.05) is 42.5 Å². The van der Waals surface area contributed by atoms with Crippen LogP contribution in [0.25, 0.3) is 0 Å². The van der Waals surface area contributed by atoms with Gasteiger partial charge in [0, 0.05) is 18.9 Å². The van der Waals surface area contributed by atoms with Gasteiger partial charge in [-0.15, -0.1) is 0 Å². The van der Waals surface area contributed by atoms with Gasteiger partial charge in [0.25, 0.3) is 0 Å². The molecule has 2 heterocycles. The van der Waals surface area contributed by atoms with Gasteiger partial charge in [-0.1, -0.05) is 42.5 Å². The summed E-state index contributed by atoms with van der Waals surface area (Å²) in [6.07, 6.45) is 0.180. The van der Waals surface area contributed by atoms with Gasteiger partial charge in [0.1, 0.15) is 23.0 Å². The van der Waals surface area contributed by atoms with Crippen molar-refractivity contribution in [1.82, 2.24) is 15.5 Å². The topological polar surface area (TPSA) is 144 Å². The summed E-state index contributed by atoms with van der Waals surface area (Å²) in [6.45, 7) is 9.17. The number of carbonyl (C=O) groups is 5. The molecule has 5 atom stereocenters. The quantitative estimate of drug-likeness (QED) is 0.301. The molecule has 2 aliphatic heterocycles. The van der Waals surface area contributed by atoms with E-state index in [1.165, 1.54) is 4.90 Å². The van der Waals surface area contributed by atoms with Gasteiger partial charge >= 0.3 is 6.09 Å². The minimum absolute atomic E-state index is 0.181. The first-order valence-corrected chi connectivity index (χ1v) is 15.7. The summed E-state index contributed by atoms with van der Waals surface area (Å²) in [5.41, 5.74) is 0.0174. The normalized spacial score (nSPS) is 20.7. The summed E-state index contributed by atoms with van der Waals surface area (Å²) < 4.78 is 16.1. The van der Waals surface area contributed by atoms with Gasteiger partial charge < -0.3 is 24.8 Å². The molecular weight excluding hydrogens is 590 g/mol. The lowest BCUT2D eigenvalue weighted by Gasteiger charge is -2.40. The van der Waals surface area contributed by atoms with Crippen LogP contribution in [0.4, 0.5) is 4.79 Å². The Kier molecular flexibility index (Phi) is 10.9. The average molecular weight is 636 g/mol. The number of likely N-dealkylation sites (tertiary alicyclic amines) is 1. The fraction of sp³-hybridized carbons (Fsp3) is 0.514. The molecule has 2 N–H and O–H groups in total. The zero-order valence-corrected chi connectivity index (χ0v) is 27.5. The smallest absolute Gasteiger partial charge is 0.410 e.